The molecule has 0 spiro atoms. The maximum atomic E-state index is 13.8. The van der Waals surface area contributed by atoms with Gasteiger partial charge in [0.15, 0.2) is 0 Å². The Bertz CT molecular complexity index is 1670. The van der Waals surface area contributed by atoms with E-state index < -0.39 is 11.8 Å². The van der Waals surface area contributed by atoms with Gasteiger partial charge in [0.25, 0.3) is 0 Å². The summed E-state index contributed by atoms with van der Waals surface area (Å²) in [5.74, 6) is 0.565. The van der Waals surface area contributed by atoms with Crippen LogP contribution < -0.4 is 18.9 Å². The molecule has 0 N–H and O–H groups in total. The lowest BCUT2D eigenvalue weighted by Crippen LogP contribution is -2.47. The van der Waals surface area contributed by atoms with Crippen molar-refractivity contribution < 1.29 is 28.5 Å². The molecule has 0 radical (unpaired) electrons. The van der Waals surface area contributed by atoms with E-state index in [4.69, 9.17) is 18.9 Å². The second kappa shape index (κ2) is 21.5. The maximum Gasteiger partial charge on any atom is 0.315 e. The molecule has 56 heavy (non-hydrogen) atoms. The molecule has 6 nitrogen and oxygen atoms in total. The van der Waals surface area contributed by atoms with Gasteiger partial charge in [0.2, 0.25) is 0 Å². The van der Waals surface area contributed by atoms with E-state index in [1.54, 1.807) is 0 Å². The summed E-state index contributed by atoms with van der Waals surface area (Å²) in [5, 5.41) is 0. The number of carbonyl (C=O) groups is 2. The van der Waals surface area contributed by atoms with Crippen LogP contribution in [0, 0.1) is 23.7 Å². The highest BCUT2D eigenvalue weighted by molar-refractivity contribution is 5.86. The molecule has 7 rings (SSSR count). The van der Waals surface area contributed by atoms with Crippen LogP contribution in [0.5, 0.6) is 23.0 Å². The lowest BCUT2D eigenvalue weighted by atomic mass is 9.62. The summed E-state index contributed by atoms with van der Waals surface area (Å²) in [6.07, 6.45) is 20.7. The number of benzene rings is 4. The van der Waals surface area contributed by atoms with Crippen LogP contribution >= 0.6 is 0 Å². The van der Waals surface area contributed by atoms with Gasteiger partial charge < -0.3 is 18.9 Å². The fourth-order valence-electron chi connectivity index (χ4n) is 8.07. The van der Waals surface area contributed by atoms with Crippen molar-refractivity contribution in [2.24, 2.45) is 23.7 Å². The van der Waals surface area contributed by atoms with Crippen LogP contribution in [0.2, 0.25) is 0 Å². The Balaban J connectivity index is 0.991. The van der Waals surface area contributed by atoms with E-state index in [2.05, 4.69) is 50.3 Å². The molecule has 1 fully saturated rings. The van der Waals surface area contributed by atoms with Gasteiger partial charge in [-0.15, -0.1) is 0 Å². The number of ether oxygens (including phenoxy) is 4. The third kappa shape index (κ3) is 11.6. The molecular formula is C50H60O6. The second-order valence-electron chi connectivity index (χ2n) is 15.5. The van der Waals surface area contributed by atoms with Crippen LogP contribution in [0.15, 0.2) is 109 Å². The first-order valence-corrected chi connectivity index (χ1v) is 21.3. The standard InChI is InChI=1S/C50H60O6/c1-3-5-7-9-11-13-35-53-43-27-19-37(20-28-43)39-23-31-45(32-24-39)55-49(51)47-41-15-17-42(18-16-41)48(47)50(52)56-46-33-25-40(26-34-46)38-21-29-44(30-22-38)54-36-14-12-10-8-6-4-2/h15,17,19-34,41-42,47-48H,3-14,16,18,35-36H2,1-2H3/t41?,42?,47-,48-/m1/s1. The van der Waals surface area contributed by atoms with Crippen LogP contribution in [0.4, 0.5) is 0 Å². The number of fused-ring (bicyclic) bond motifs is 2. The predicted octanol–water partition coefficient (Wildman–Crippen LogP) is 12.8. The first-order chi connectivity index (χ1) is 27.5. The molecule has 3 aliphatic rings. The smallest absolute Gasteiger partial charge is 0.315 e. The van der Waals surface area contributed by atoms with E-state index >= 15 is 0 Å². The normalized spacial score (nSPS) is 18.4. The molecule has 0 saturated heterocycles. The van der Waals surface area contributed by atoms with Crippen molar-refractivity contribution in [1.29, 1.82) is 0 Å². The molecule has 0 aromatic heterocycles. The Hall–Kier alpha value is -4.84. The van der Waals surface area contributed by atoms with Crippen LogP contribution in [0.1, 0.15) is 104 Å². The van der Waals surface area contributed by atoms with Gasteiger partial charge >= 0.3 is 11.9 Å². The number of allylic oxidation sites excluding steroid dienone is 2. The molecule has 6 heteroatoms. The Kier molecular flexibility index (Phi) is 15.6. The van der Waals surface area contributed by atoms with Gasteiger partial charge in [0.1, 0.15) is 23.0 Å². The number of hydrogen-bond acceptors (Lipinski definition) is 6. The summed E-state index contributed by atoms with van der Waals surface area (Å²) in [6, 6.07) is 31.3. The summed E-state index contributed by atoms with van der Waals surface area (Å²) in [6.45, 7) is 5.95. The molecule has 0 heterocycles. The fraction of sp³-hybridized carbons (Fsp3) is 0.440. The highest BCUT2D eigenvalue weighted by Gasteiger charge is 2.50. The number of unbranched alkanes of at least 4 members (excludes halogenated alkanes) is 10. The highest BCUT2D eigenvalue weighted by Crippen LogP contribution is 2.46. The van der Waals surface area contributed by atoms with E-state index in [1.165, 1.54) is 64.2 Å². The van der Waals surface area contributed by atoms with Crippen molar-refractivity contribution >= 4 is 11.9 Å². The van der Waals surface area contributed by atoms with E-state index in [9.17, 15) is 9.59 Å². The lowest BCUT2D eigenvalue weighted by Gasteiger charge is -2.41. The van der Waals surface area contributed by atoms with Gasteiger partial charge in [-0.25, -0.2) is 0 Å². The summed E-state index contributed by atoms with van der Waals surface area (Å²) < 4.78 is 23.8. The number of carbonyl (C=O) groups excluding carboxylic acids is 2. The van der Waals surface area contributed by atoms with Gasteiger partial charge in [0, 0.05) is 0 Å². The molecule has 296 valence electrons. The number of esters is 2. The van der Waals surface area contributed by atoms with Crippen molar-refractivity contribution in [2.75, 3.05) is 13.2 Å². The van der Waals surface area contributed by atoms with Crippen LogP contribution in [0.3, 0.4) is 0 Å². The summed E-state index contributed by atoms with van der Waals surface area (Å²) in [5.41, 5.74) is 4.15. The molecule has 4 atom stereocenters. The third-order valence-electron chi connectivity index (χ3n) is 11.3. The van der Waals surface area contributed by atoms with E-state index in [1.807, 2.05) is 72.8 Å². The van der Waals surface area contributed by atoms with Gasteiger partial charge in [-0.3, -0.25) is 9.59 Å². The number of rotatable bonds is 22. The van der Waals surface area contributed by atoms with Gasteiger partial charge in [0.05, 0.1) is 25.0 Å². The Morgan fingerprint density at radius 1 is 0.429 bits per heavy atom. The molecule has 3 aliphatic carbocycles. The average Bonchev–Trinajstić information content (AvgIpc) is 3.24. The quantitative estimate of drug-likeness (QED) is 0.0344. The largest absolute Gasteiger partial charge is 0.494 e. The van der Waals surface area contributed by atoms with E-state index in [0.29, 0.717) is 11.5 Å². The molecule has 4 aromatic rings. The van der Waals surface area contributed by atoms with Crippen molar-refractivity contribution in [2.45, 2.75) is 104 Å². The third-order valence-corrected chi connectivity index (χ3v) is 11.3. The zero-order valence-electron chi connectivity index (χ0n) is 33.5. The van der Waals surface area contributed by atoms with Crippen molar-refractivity contribution in [3.8, 4) is 45.3 Å². The van der Waals surface area contributed by atoms with Crippen molar-refractivity contribution in [3.63, 3.8) is 0 Å². The molecular weight excluding hydrogens is 697 g/mol. The topological polar surface area (TPSA) is 71.1 Å². The summed E-state index contributed by atoms with van der Waals surface area (Å²) >= 11 is 0. The Morgan fingerprint density at radius 2 is 0.732 bits per heavy atom. The zero-order chi connectivity index (χ0) is 39.0. The minimum absolute atomic E-state index is 0.0637. The Morgan fingerprint density at radius 3 is 1.05 bits per heavy atom. The first-order valence-electron chi connectivity index (χ1n) is 21.3. The fourth-order valence-corrected chi connectivity index (χ4v) is 8.07. The van der Waals surface area contributed by atoms with Crippen LogP contribution in [-0.2, 0) is 9.59 Å². The van der Waals surface area contributed by atoms with Crippen LogP contribution in [-0.4, -0.2) is 25.2 Å². The minimum Gasteiger partial charge on any atom is -0.494 e. The summed E-state index contributed by atoms with van der Waals surface area (Å²) in [4.78, 5) is 27.5. The average molecular weight is 757 g/mol. The van der Waals surface area contributed by atoms with Crippen molar-refractivity contribution in [3.05, 3.63) is 109 Å². The predicted molar refractivity (Wildman–Crippen MR) is 225 cm³/mol. The molecule has 2 bridgehead atoms. The Labute approximate surface area is 334 Å². The molecule has 0 amide bonds. The van der Waals surface area contributed by atoms with Crippen molar-refractivity contribution in [1.82, 2.24) is 0 Å². The van der Waals surface area contributed by atoms with Gasteiger partial charge in [-0.05, 0) is 108 Å². The molecule has 0 aliphatic heterocycles. The monoisotopic (exact) mass is 756 g/mol. The molecule has 2 unspecified atom stereocenters. The first kappa shape index (κ1) is 40.8. The maximum absolute atomic E-state index is 13.8. The zero-order valence-corrected chi connectivity index (χ0v) is 33.5. The second-order valence-corrected chi connectivity index (χ2v) is 15.5. The molecule has 4 aromatic carbocycles. The van der Waals surface area contributed by atoms with Gasteiger partial charge in [-0.2, -0.15) is 0 Å². The number of hydrogen-bond donors (Lipinski definition) is 0. The van der Waals surface area contributed by atoms with Crippen LogP contribution in [0.25, 0.3) is 22.3 Å². The minimum atomic E-state index is -0.601. The molecule has 1 saturated carbocycles. The van der Waals surface area contributed by atoms with E-state index in [-0.39, 0.29) is 23.8 Å². The lowest BCUT2D eigenvalue weighted by molar-refractivity contribution is -0.156. The highest BCUT2D eigenvalue weighted by atomic mass is 16.5. The van der Waals surface area contributed by atoms with Gasteiger partial charge in [-0.1, -0.05) is 139 Å². The van der Waals surface area contributed by atoms with E-state index in [0.717, 1.165) is 72.6 Å². The summed E-state index contributed by atoms with van der Waals surface area (Å²) in [7, 11) is 0. The SMILES string of the molecule is CCCCCCCCOc1ccc(-c2ccc(OC(=O)[C@@H]3C4C=CC(CC4)[C@H]3C(=O)Oc3ccc(-c4ccc(OCCCCCCCC)cc4)cc3)cc2)cc1.